The molecular weight excluding hydrogens is 506 g/mol. The van der Waals surface area contributed by atoms with E-state index in [-0.39, 0.29) is 23.8 Å². The van der Waals surface area contributed by atoms with Gasteiger partial charge in [-0.25, -0.2) is 0 Å². The number of ether oxygens (including phenoxy) is 1. The molecular formula is C31H35N5O4. The summed E-state index contributed by atoms with van der Waals surface area (Å²) in [6.07, 6.45) is 1.77. The second-order valence-corrected chi connectivity index (χ2v) is 10.5. The lowest BCUT2D eigenvalue weighted by atomic mass is 10.0. The van der Waals surface area contributed by atoms with Crippen LogP contribution in [0, 0.1) is 13.8 Å². The number of carbonyl (C=O) groups is 3. The van der Waals surface area contributed by atoms with Gasteiger partial charge in [0.15, 0.2) is 0 Å². The summed E-state index contributed by atoms with van der Waals surface area (Å²) >= 11 is 0. The Morgan fingerprint density at radius 3 is 2.42 bits per heavy atom. The number of benzene rings is 2. The van der Waals surface area contributed by atoms with Crippen LogP contribution >= 0.6 is 0 Å². The van der Waals surface area contributed by atoms with Crippen LogP contribution in [0.1, 0.15) is 61.8 Å². The van der Waals surface area contributed by atoms with Gasteiger partial charge in [0.2, 0.25) is 0 Å². The molecule has 3 N–H and O–H groups in total. The molecule has 0 spiro atoms. The number of rotatable bonds is 6. The number of hydrogen-bond donors (Lipinski definition) is 3. The summed E-state index contributed by atoms with van der Waals surface area (Å²) < 4.78 is 5.21. The molecule has 2 aromatic carbocycles. The number of nitrogens with one attached hydrogen (secondary N) is 3. The molecule has 1 aromatic heterocycles. The minimum atomic E-state index is -0.252. The Bertz CT molecular complexity index is 1500. The molecule has 3 aromatic rings. The Kier molecular flexibility index (Phi) is 7.49. The normalized spacial score (nSPS) is 17.0. The quantitative estimate of drug-likeness (QED) is 0.409. The van der Waals surface area contributed by atoms with E-state index < -0.39 is 0 Å². The maximum Gasteiger partial charge on any atom is 0.256 e. The van der Waals surface area contributed by atoms with Crippen LogP contribution in [-0.4, -0.2) is 72.8 Å². The summed E-state index contributed by atoms with van der Waals surface area (Å²) in [6.45, 7) is 8.76. The van der Waals surface area contributed by atoms with Crippen LogP contribution in [0.4, 0.5) is 5.69 Å². The number of piperazine rings is 1. The number of H-pyrrole nitrogens is 1. The Hall–Kier alpha value is -4.37. The first kappa shape index (κ1) is 27.2. The fourth-order valence-corrected chi connectivity index (χ4v) is 5.28. The van der Waals surface area contributed by atoms with Crippen LogP contribution in [-0.2, 0) is 4.79 Å². The SMILES string of the molecule is COc1ccc([C@@H](C)NC(=O)c2ccc3c(c2)/C(=C/c2[nH]c(C)c(C(=O)N4CCN(C)CC4)c2C)C(=O)N3)cc1. The van der Waals surface area contributed by atoms with E-state index >= 15 is 0 Å². The van der Waals surface area contributed by atoms with E-state index in [9.17, 15) is 14.4 Å². The van der Waals surface area contributed by atoms with Crippen LogP contribution in [0.25, 0.3) is 11.6 Å². The molecule has 9 nitrogen and oxygen atoms in total. The highest BCUT2D eigenvalue weighted by Gasteiger charge is 2.28. The summed E-state index contributed by atoms with van der Waals surface area (Å²) in [4.78, 5) is 46.8. The first-order valence-electron chi connectivity index (χ1n) is 13.5. The van der Waals surface area contributed by atoms with E-state index in [2.05, 4.69) is 27.6 Å². The molecule has 0 aliphatic carbocycles. The lowest BCUT2D eigenvalue weighted by molar-refractivity contribution is -0.110. The molecule has 1 atom stereocenters. The van der Waals surface area contributed by atoms with Crippen molar-refractivity contribution in [2.24, 2.45) is 0 Å². The summed E-state index contributed by atoms with van der Waals surface area (Å²) in [5.41, 5.74) is 6.06. The molecule has 3 heterocycles. The van der Waals surface area contributed by atoms with Gasteiger partial charge in [-0.1, -0.05) is 12.1 Å². The molecule has 2 aliphatic heterocycles. The number of aromatic amines is 1. The molecule has 0 bridgehead atoms. The number of nitrogens with zero attached hydrogens (tertiary/aromatic N) is 2. The van der Waals surface area contributed by atoms with Crippen molar-refractivity contribution in [1.29, 1.82) is 0 Å². The molecule has 5 rings (SSSR count). The monoisotopic (exact) mass is 541 g/mol. The highest BCUT2D eigenvalue weighted by atomic mass is 16.5. The zero-order chi connectivity index (χ0) is 28.6. The fraction of sp³-hybridized carbons (Fsp3) is 0.323. The molecule has 40 heavy (non-hydrogen) atoms. The largest absolute Gasteiger partial charge is 0.497 e. The van der Waals surface area contributed by atoms with Crippen molar-refractivity contribution in [1.82, 2.24) is 20.1 Å². The number of carbonyl (C=O) groups excluding carboxylic acids is 3. The number of anilines is 1. The second-order valence-electron chi connectivity index (χ2n) is 10.5. The molecule has 0 unspecified atom stereocenters. The van der Waals surface area contributed by atoms with Crippen LogP contribution in [0.15, 0.2) is 42.5 Å². The Balaban J connectivity index is 1.39. The van der Waals surface area contributed by atoms with E-state index in [4.69, 9.17) is 4.74 Å². The standard InChI is InChI=1S/C31H35N5O4/c1-18-27(32-20(3)28(18)31(39)36-14-12-35(4)13-15-36)17-25-24-16-22(8-11-26(24)34-30(25)38)29(37)33-19(2)21-6-9-23(40-5)10-7-21/h6-11,16-17,19,32H,12-15H2,1-5H3,(H,33,37)(H,34,38)/b25-17-/t19-/m1/s1. The first-order chi connectivity index (χ1) is 19.2. The fourth-order valence-electron chi connectivity index (χ4n) is 5.28. The number of amides is 3. The number of fused-ring (bicyclic) bond motifs is 1. The van der Waals surface area contributed by atoms with Crippen LogP contribution < -0.4 is 15.4 Å². The van der Waals surface area contributed by atoms with Gasteiger partial charge in [0, 0.05) is 54.4 Å². The van der Waals surface area contributed by atoms with Gasteiger partial charge in [-0.05, 0) is 75.4 Å². The minimum absolute atomic E-state index is 0.00482. The maximum atomic E-state index is 13.3. The summed E-state index contributed by atoms with van der Waals surface area (Å²) in [7, 11) is 3.67. The molecule has 0 saturated carbocycles. The number of likely N-dealkylation sites (N-methyl/N-ethyl adjacent to an activating group) is 1. The number of hydrogen-bond acceptors (Lipinski definition) is 5. The van der Waals surface area contributed by atoms with Crippen molar-refractivity contribution in [3.05, 3.63) is 81.7 Å². The second kappa shape index (κ2) is 11.0. The Morgan fingerprint density at radius 2 is 1.75 bits per heavy atom. The molecule has 1 saturated heterocycles. The van der Waals surface area contributed by atoms with Crippen molar-refractivity contribution in [2.75, 3.05) is 45.7 Å². The predicted molar refractivity (Wildman–Crippen MR) is 155 cm³/mol. The van der Waals surface area contributed by atoms with E-state index in [0.717, 1.165) is 35.7 Å². The van der Waals surface area contributed by atoms with E-state index in [1.807, 2.05) is 49.9 Å². The van der Waals surface area contributed by atoms with Crippen molar-refractivity contribution in [3.63, 3.8) is 0 Å². The Morgan fingerprint density at radius 1 is 1.05 bits per heavy atom. The Labute approximate surface area is 234 Å². The highest BCUT2D eigenvalue weighted by molar-refractivity contribution is 6.35. The van der Waals surface area contributed by atoms with E-state index in [0.29, 0.717) is 46.7 Å². The summed E-state index contributed by atoms with van der Waals surface area (Å²) in [5.74, 6) is 0.264. The lowest BCUT2D eigenvalue weighted by Crippen LogP contribution is -2.47. The molecule has 2 aliphatic rings. The maximum absolute atomic E-state index is 13.3. The smallest absolute Gasteiger partial charge is 0.256 e. The van der Waals surface area contributed by atoms with Crippen molar-refractivity contribution in [2.45, 2.75) is 26.8 Å². The number of aromatic nitrogens is 1. The first-order valence-corrected chi connectivity index (χ1v) is 13.5. The van der Waals surface area contributed by atoms with Gasteiger partial charge in [0.05, 0.1) is 24.3 Å². The molecule has 9 heteroatoms. The zero-order valence-electron chi connectivity index (χ0n) is 23.6. The van der Waals surface area contributed by atoms with Crippen molar-refractivity contribution >= 4 is 35.1 Å². The zero-order valence-corrected chi connectivity index (χ0v) is 23.6. The van der Waals surface area contributed by atoms with Gasteiger partial charge in [0.1, 0.15) is 5.75 Å². The molecule has 208 valence electrons. The molecule has 1 fully saturated rings. The lowest BCUT2D eigenvalue weighted by Gasteiger charge is -2.32. The van der Waals surface area contributed by atoms with E-state index in [1.165, 1.54) is 0 Å². The van der Waals surface area contributed by atoms with Gasteiger partial charge in [-0.15, -0.1) is 0 Å². The average Bonchev–Trinajstić information content (AvgIpc) is 3.41. The third-order valence-corrected chi connectivity index (χ3v) is 7.80. The summed E-state index contributed by atoms with van der Waals surface area (Å²) in [5, 5.41) is 5.91. The topological polar surface area (TPSA) is 107 Å². The van der Waals surface area contributed by atoms with Gasteiger partial charge >= 0.3 is 0 Å². The average molecular weight is 542 g/mol. The number of methoxy groups -OCH3 is 1. The highest BCUT2D eigenvalue weighted by Crippen LogP contribution is 2.35. The van der Waals surface area contributed by atoms with Crippen molar-refractivity contribution < 1.29 is 19.1 Å². The minimum Gasteiger partial charge on any atom is -0.497 e. The van der Waals surface area contributed by atoms with E-state index in [1.54, 1.807) is 31.4 Å². The third kappa shape index (κ3) is 5.24. The van der Waals surface area contributed by atoms with Gasteiger partial charge in [0.25, 0.3) is 17.7 Å². The van der Waals surface area contributed by atoms with Crippen LogP contribution in [0.2, 0.25) is 0 Å². The van der Waals surface area contributed by atoms with Gasteiger partial charge in [-0.3, -0.25) is 14.4 Å². The van der Waals surface area contributed by atoms with Crippen LogP contribution in [0.5, 0.6) is 5.75 Å². The van der Waals surface area contributed by atoms with Gasteiger partial charge in [-0.2, -0.15) is 0 Å². The van der Waals surface area contributed by atoms with Gasteiger partial charge < -0.3 is 30.2 Å². The molecule has 3 amide bonds. The predicted octanol–water partition coefficient (Wildman–Crippen LogP) is 4.01. The number of aryl methyl sites for hydroxylation is 1. The molecule has 0 radical (unpaired) electrons. The van der Waals surface area contributed by atoms with Crippen LogP contribution in [0.3, 0.4) is 0 Å². The third-order valence-electron chi connectivity index (χ3n) is 7.80. The van der Waals surface area contributed by atoms with Crippen molar-refractivity contribution in [3.8, 4) is 5.75 Å². The summed E-state index contributed by atoms with van der Waals surface area (Å²) in [6, 6.07) is 12.5.